The van der Waals surface area contributed by atoms with E-state index in [0.717, 1.165) is 61.2 Å². The molecule has 0 radical (unpaired) electrons. The van der Waals surface area contributed by atoms with Crippen LogP contribution in [0.15, 0.2) is 0 Å². The average Bonchev–Trinajstić information content (AvgIpc) is 3.14. The number of nitrogens with zero attached hydrogens (tertiary/aromatic N) is 4. The molecule has 1 saturated heterocycles. The Labute approximate surface area is 194 Å². The lowest BCUT2D eigenvalue weighted by atomic mass is 9.89. The van der Waals surface area contributed by atoms with Crippen molar-refractivity contribution >= 4 is 39.2 Å². The molecule has 1 aliphatic carbocycles. The van der Waals surface area contributed by atoms with Gasteiger partial charge in [-0.3, -0.25) is 9.59 Å². The molecular weight excluding hydrogens is 424 g/mol. The lowest BCUT2D eigenvalue weighted by Gasteiger charge is -2.36. The molecule has 0 aromatic carbocycles. The maximum absolute atomic E-state index is 12.6. The smallest absolute Gasteiger partial charge is 0.306 e. The van der Waals surface area contributed by atoms with Crippen LogP contribution in [-0.2, 0) is 33.6 Å². The van der Waals surface area contributed by atoms with Crippen LogP contribution >= 0.6 is 11.3 Å². The van der Waals surface area contributed by atoms with Crippen molar-refractivity contribution < 1.29 is 14.3 Å². The van der Waals surface area contributed by atoms with Crippen LogP contribution in [-0.4, -0.2) is 59.5 Å². The molecule has 2 aromatic rings. The van der Waals surface area contributed by atoms with Crippen LogP contribution in [0.5, 0.6) is 0 Å². The third kappa shape index (κ3) is 4.90. The zero-order valence-electron chi connectivity index (χ0n) is 19.5. The van der Waals surface area contributed by atoms with Crippen LogP contribution in [0.25, 0.3) is 10.2 Å². The standard InChI is InChI=1S/C24H34N4O3S/c1-4-6-19-25-23(22-17-8-7-16(3)15-18(17)32-24(22)26-19)28-13-11-27(12-14-28)20(29)9-10-21(30)31-5-2/h16H,4-15H2,1-3H3. The lowest BCUT2D eigenvalue weighted by Crippen LogP contribution is -2.49. The molecule has 1 atom stereocenters. The summed E-state index contributed by atoms with van der Waals surface area (Å²) in [5.74, 6) is 2.44. The molecule has 0 spiro atoms. The highest BCUT2D eigenvalue weighted by Gasteiger charge is 2.28. The minimum atomic E-state index is -0.303. The Morgan fingerprint density at radius 3 is 2.62 bits per heavy atom. The fraction of sp³-hybridized carbons (Fsp3) is 0.667. The Morgan fingerprint density at radius 2 is 1.91 bits per heavy atom. The molecule has 1 amide bonds. The van der Waals surface area contributed by atoms with E-state index in [-0.39, 0.29) is 24.7 Å². The van der Waals surface area contributed by atoms with Crippen molar-refractivity contribution in [3.63, 3.8) is 0 Å². The van der Waals surface area contributed by atoms with E-state index in [1.807, 2.05) is 16.2 Å². The van der Waals surface area contributed by atoms with E-state index in [4.69, 9.17) is 14.7 Å². The number of fused-ring (bicyclic) bond motifs is 3. The minimum Gasteiger partial charge on any atom is -0.466 e. The minimum absolute atomic E-state index is 0.0270. The summed E-state index contributed by atoms with van der Waals surface area (Å²) in [7, 11) is 0. The molecule has 0 N–H and O–H groups in total. The zero-order valence-corrected chi connectivity index (χ0v) is 20.3. The number of aromatic nitrogens is 2. The molecule has 32 heavy (non-hydrogen) atoms. The van der Waals surface area contributed by atoms with Gasteiger partial charge in [-0.25, -0.2) is 9.97 Å². The van der Waals surface area contributed by atoms with Crippen LogP contribution in [0.2, 0.25) is 0 Å². The molecule has 4 rings (SSSR count). The maximum atomic E-state index is 12.6. The van der Waals surface area contributed by atoms with Crippen molar-refractivity contribution in [2.24, 2.45) is 5.92 Å². The number of rotatable bonds is 7. The Bertz CT molecular complexity index is 981. The highest BCUT2D eigenvalue weighted by atomic mass is 32.1. The van der Waals surface area contributed by atoms with E-state index >= 15 is 0 Å². The van der Waals surface area contributed by atoms with Crippen LogP contribution < -0.4 is 4.90 Å². The third-order valence-corrected chi connectivity index (χ3v) is 7.58. The number of ether oxygens (including phenoxy) is 1. The highest BCUT2D eigenvalue weighted by molar-refractivity contribution is 7.19. The second-order valence-electron chi connectivity index (χ2n) is 8.92. The van der Waals surface area contributed by atoms with Gasteiger partial charge in [0.15, 0.2) is 0 Å². The van der Waals surface area contributed by atoms with Gasteiger partial charge in [0.05, 0.1) is 18.4 Å². The van der Waals surface area contributed by atoms with Crippen molar-refractivity contribution in [1.82, 2.24) is 14.9 Å². The molecule has 0 saturated carbocycles. The number of anilines is 1. The Hall–Kier alpha value is -2.22. The molecule has 1 fully saturated rings. The van der Waals surface area contributed by atoms with E-state index in [2.05, 4.69) is 18.7 Å². The number of amides is 1. The average molecular weight is 459 g/mol. The summed E-state index contributed by atoms with van der Waals surface area (Å²) in [6.07, 6.45) is 5.74. The van der Waals surface area contributed by atoms with E-state index in [1.165, 1.54) is 22.2 Å². The summed E-state index contributed by atoms with van der Waals surface area (Å²) in [5.41, 5.74) is 1.45. The Balaban J connectivity index is 1.51. The first-order valence-corrected chi connectivity index (χ1v) is 12.8. The van der Waals surface area contributed by atoms with Gasteiger partial charge in [-0.1, -0.05) is 13.8 Å². The summed E-state index contributed by atoms with van der Waals surface area (Å²) in [4.78, 5) is 40.9. The van der Waals surface area contributed by atoms with Gasteiger partial charge in [0.1, 0.15) is 16.5 Å². The normalized spacial score (nSPS) is 18.7. The van der Waals surface area contributed by atoms with Crippen LogP contribution in [0.3, 0.4) is 0 Å². The van der Waals surface area contributed by atoms with Crippen LogP contribution in [0.4, 0.5) is 5.82 Å². The first kappa shape index (κ1) is 23.0. The summed E-state index contributed by atoms with van der Waals surface area (Å²) < 4.78 is 4.94. The van der Waals surface area contributed by atoms with E-state index in [0.29, 0.717) is 19.7 Å². The van der Waals surface area contributed by atoms with Gasteiger partial charge in [-0.05, 0) is 44.1 Å². The predicted molar refractivity (Wildman–Crippen MR) is 127 cm³/mol. The molecule has 1 unspecified atom stereocenters. The maximum Gasteiger partial charge on any atom is 0.306 e. The number of hydrogen-bond acceptors (Lipinski definition) is 7. The summed E-state index contributed by atoms with van der Waals surface area (Å²) in [5, 5.41) is 1.25. The quantitative estimate of drug-likeness (QED) is 0.588. The Morgan fingerprint density at radius 1 is 1.12 bits per heavy atom. The molecule has 7 nitrogen and oxygen atoms in total. The number of esters is 1. The van der Waals surface area contributed by atoms with Gasteiger partial charge in [-0.2, -0.15) is 0 Å². The monoisotopic (exact) mass is 458 g/mol. The number of piperazine rings is 1. The fourth-order valence-electron chi connectivity index (χ4n) is 4.70. The number of carbonyl (C=O) groups is 2. The zero-order chi connectivity index (χ0) is 22.7. The molecule has 2 aromatic heterocycles. The van der Waals surface area contributed by atoms with Crippen molar-refractivity contribution in [2.75, 3.05) is 37.7 Å². The van der Waals surface area contributed by atoms with Crippen LogP contribution in [0.1, 0.15) is 62.7 Å². The van der Waals surface area contributed by atoms with Gasteiger partial charge >= 0.3 is 5.97 Å². The van der Waals surface area contributed by atoms with Gasteiger partial charge in [0.25, 0.3) is 0 Å². The number of thiophene rings is 1. The molecule has 1 aliphatic heterocycles. The van der Waals surface area contributed by atoms with Gasteiger partial charge in [0.2, 0.25) is 5.91 Å². The number of carbonyl (C=O) groups excluding carboxylic acids is 2. The second kappa shape index (κ2) is 10.1. The lowest BCUT2D eigenvalue weighted by molar-refractivity contribution is -0.145. The summed E-state index contributed by atoms with van der Waals surface area (Å²) in [6, 6.07) is 0. The molecular formula is C24H34N4O3S. The molecule has 0 bridgehead atoms. The van der Waals surface area contributed by atoms with E-state index in [1.54, 1.807) is 6.92 Å². The third-order valence-electron chi connectivity index (χ3n) is 6.44. The van der Waals surface area contributed by atoms with Crippen molar-refractivity contribution in [3.05, 3.63) is 16.3 Å². The highest BCUT2D eigenvalue weighted by Crippen LogP contribution is 2.41. The first-order chi connectivity index (χ1) is 15.5. The topological polar surface area (TPSA) is 75.6 Å². The van der Waals surface area contributed by atoms with Crippen molar-refractivity contribution in [2.45, 2.75) is 65.7 Å². The SMILES string of the molecule is CCCc1nc(N2CCN(C(=O)CCC(=O)OCC)CC2)c2c3c(sc2n1)CC(C)CC3. The number of hydrogen-bond donors (Lipinski definition) is 0. The van der Waals surface area contributed by atoms with E-state index < -0.39 is 0 Å². The molecule has 3 heterocycles. The predicted octanol–water partition coefficient (Wildman–Crippen LogP) is 3.76. The van der Waals surface area contributed by atoms with Gasteiger partial charge in [0, 0.05) is 43.9 Å². The fourth-order valence-corrected chi connectivity index (χ4v) is 6.09. The van der Waals surface area contributed by atoms with E-state index in [9.17, 15) is 9.59 Å². The molecule has 2 aliphatic rings. The number of aryl methyl sites for hydroxylation is 2. The van der Waals surface area contributed by atoms with Crippen molar-refractivity contribution in [3.8, 4) is 0 Å². The van der Waals surface area contributed by atoms with Gasteiger partial charge < -0.3 is 14.5 Å². The summed E-state index contributed by atoms with van der Waals surface area (Å²) >= 11 is 1.85. The Kier molecular flexibility index (Phi) is 7.28. The second-order valence-corrected chi connectivity index (χ2v) is 10.0. The largest absolute Gasteiger partial charge is 0.466 e. The van der Waals surface area contributed by atoms with Crippen molar-refractivity contribution in [1.29, 1.82) is 0 Å². The summed E-state index contributed by atoms with van der Waals surface area (Å²) in [6.45, 7) is 9.44. The molecule has 174 valence electrons. The first-order valence-electron chi connectivity index (χ1n) is 12.0. The van der Waals surface area contributed by atoms with Gasteiger partial charge in [-0.15, -0.1) is 11.3 Å². The van der Waals surface area contributed by atoms with Crippen LogP contribution in [0, 0.1) is 5.92 Å². The molecule has 8 heteroatoms.